The highest BCUT2D eigenvalue weighted by atomic mass is 32.2. The van der Waals surface area contributed by atoms with Gasteiger partial charge in [-0.15, -0.1) is 0 Å². The molecule has 1 aliphatic carbocycles. The molecule has 0 radical (unpaired) electrons. The van der Waals surface area contributed by atoms with E-state index in [1.54, 1.807) is 6.92 Å². The van der Waals surface area contributed by atoms with Crippen LogP contribution in [-0.4, -0.2) is 63.6 Å². The molecule has 1 saturated carbocycles. The van der Waals surface area contributed by atoms with Crippen molar-refractivity contribution in [3.8, 4) is 5.75 Å². The minimum Gasteiger partial charge on any atom is -0.492 e. The van der Waals surface area contributed by atoms with Crippen molar-refractivity contribution in [2.75, 3.05) is 32.1 Å². The first-order valence-corrected chi connectivity index (χ1v) is 12.8. The second kappa shape index (κ2) is 9.33. The Hall–Kier alpha value is -1.15. The van der Waals surface area contributed by atoms with Gasteiger partial charge in [-0.2, -0.15) is 0 Å². The molecule has 1 aromatic rings. The number of nitrogens with one attached hydrogen (secondary N) is 1. The van der Waals surface area contributed by atoms with E-state index in [1.165, 1.54) is 5.56 Å². The van der Waals surface area contributed by atoms with Crippen LogP contribution in [0.2, 0.25) is 0 Å². The fourth-order valence-corrected chi connectivity index (χ4v) is 5.98. The lowest BCUT2D eigenvalue weighted by Gasteiger charge is -2.42. The van der Waals surface area contributed by atoms with Gasteiger partial charge < -0.3 is 9.47 Å². The van der Waals surface area contributed by atoms with Gasteiger partial charge in [0.1, 0.15) is 12.4 Å². The molecular formula is C22H34N2O4S. The van der Waals surface area contributed by atoms with Gasteiger partial charge in [-0.05, 0) is 69.5 Å². The summed E-state index contributed by atoms with van der Waals surface area (Å²) in [4.78, 5) is 2.36. The Labute approximate surface area is 175 Å². The van der Waals surface area contributed by atoms with Gasteiger partial charge >= 0.3 is 0 Å². The topological polar surface area (TPSA) is 67.9 Å². The van der Waals surface area contributed by atoms with Crippen LogP contribution in [-0.2, 0) is 14.8 Å². The van der Waals surface area contributed by atoms with Gasteiger partial charge in [-0.1, -0.05) is 18.2 Å². The molecule has 1 unspecified atom stereocenters. The van der Waals surface area contributed by atoms with Crippen LogP contribution in [0.25, 0.3) is 0 Å². The van der Waals surface area contributed by atoms with Crippen molar-refractivity contribution in [3.63, 3.8) is 0 Å². The molecule has 29 heavy (non-hydrogen) atoms. The molecule has 1 aromatic carbocycles. The van der Waals surface area contributed by atoms with Gasteiger partial charge in [0.15, 0.2) is 0 Å². The number of hydrogen-bond donors (Lipinski definition) is 1. The SMILES string of the molecule is CCS(=O)(=O)N[C@H]1CCCN2CCOc3ccccc3C3CCC(CC3)OCC12. The smallest absolute Gasteiger partial charge is 0.211 e. The molecule has 0 amide bonds. The lowest BCUT2D eigenvalue weighted by Crippen LogP contribution is -2.58. The van der Waals surface area contributed by atoms with Crippen LogP contribution in [0.1, 0.15) is 56.9 Å². The Morgan fingerprint density at radius 3 is 2.69 bits per heavy atom. The normalized spacial score (nSPS) is 31.5. The van der Waals surface area contributed by atoms with Crippen LogP contribution >= 0.6 is 0 Å². The van der Waals surface area contributed by atoms with E-state index in [2.05, 4.69) is 27.8 Å². The van der Waals surface area contributed by atoms with E-state index in [0.29, 0.717) is 19.1 Å². The van der Waals surface area contributed by atoms with Crippen LogP contribution < -0.4 is 9.46 Å². The number of nitrogens with zero attached hydrogens (tertiary/aromatic N) is 1. The zero-order chi connectivity index (χ0) is 20.3. The highest BCUT2D eigenvalue weighted by molar-refractivity contribution is 7.89. The van der Waals surface area contributed by atoms with E-state index in [1.807, 2.05) is 6.07 Å². The largest absolute Gasteiger partial charge is 0.492 e. The molecule has 0 spiro atoms. The van der Waals surface area contributed by atoms with Crippen molar-refractivity contribution < 1.29 is 17.9 Å². The monoisotopic (exact) mass is 422 g/mol. The molecule has 2 fully saturated rings. The van der Waals surface area contributed by atoms with Crippen molar-refractivity contribution in [1.29, 1.82) is 0 Å². The van der Waals surface area contributed by atoms with Crippen molar-refractivity contribution in [2.24, 2.45) is 0 Å². The third-order valence-corrected chi connectivity index (χ3v) is 8.20. The molecule has 1 N–H and O–H groups in total. The Balaban J connectivity index is 1.55. The second-order valence-corrected chi connectivity index (χ2v) is 10.6. The molecule has 4 aliphatic rings. The molecule has 7 heteroatoms. The predicted molar refractivity (Wildman–Crippen MR) is 114 cm³/mol. The van der Waals surface area contributed by atoms with E-state index >= 15 is 0 Å². The lowest BCUT2D eigenvalue weighted by atomic mass is 9.82. The van der Waals surface area contributed by atoms with Crippen LogP contribution in [0, 0.1) is 0 Å². The molecule has 2 atom stereocenters. The van der Waals surface area contributed by atoms with Gasteiger partial charge in [0, 0.05) is 18.6 Å². The summed E-state index contributed by atoms with van der Waals surface area (Å²) in [6.45, 7) is 4.61. The number of hydrogen-bond acceptors (Lipinski definition) is 5. The summed E-state index contributed by atoms with van der Waals surface area (Å²) in [6, 6.07) is 8.41. The first-order valence-electron chi connectivity index (χ1n) is 11.1. The number of benzene rings is 1. The van der Waals surface area contributed by atoms with Crippen molar-refractivity contribution >= 4 is 10.0 Å². The molecule has 162 valence electrons. The van der Waals surface area contributed by atoms with E-state index in [-0.39, 0.29) is 23.9 Å². The zero-order valence-corrected chi connectivity index (χ0v) is 18.2. The zero-order valence-electron chi connectivity index (χ0n) is 17.4. The van der Waals surface area contributed by atoms with Crippen molar-refractivity contribution in [3.05, 3.63) is 29.8 Å². The summed E-state index contributed by atoms with van der Waals surface area (Å²) in [7, 11) is -3.24. The molecule has 3 heterocycles. The number of para-hydroxylation sites is 1. The van der Waals surface area contributed by atoms with E-state index in [9.17, 15) is 8.42 Å². The second-order valence-electron chi connectivity index (χ2n) is 8.57. The number of sulfonamides is 1. The third kappa shape index (κ3) is 5.13. The first kappa shape index (κ1) is 21.1. The first-order chi connectivity index (χ1) is 14.1. The number of ether oxygens (including phenoxy) is 2. The highest BCUT2D eigenvalue weighted by Crippen LogP contribution is 2.38. The number of rotatable bonds is 3. The number of piperidine rings is 1. The maximum absolute atomic E-state index is 12.2. The molecule has 6 nitrogen and oxygen atoms in total. The molecule has 0 aromatic heterocycles. The average Bonchev–Trinajstić information content (AvgIpc) is 2.75. The van der Waals surface area contributed by atoms with Gasteiger partial charge in [0.2, 0.25) is 10.0 Å². The van der Waals surface area contributed by atoms with E-state index < -0.39 is 10.0 Å². The quantitative estimate of drug-likeness (QED) is 0.811. The summed E-state index contributed by atoms with van der Waals surface area (Å²) in [5.74, 6) is 1.66. The van der Waals surface area contributed by atoms with Crippen molar-refractivity contribution in [2.45, 2.75) is 69.6 Å². The minimum atomic E-state index is -3.24. The molecule has 2 bridgehead atoms. The van der Waals surface area contributed by atoms with Crippen LogP contribution in [0.5, 0.6) is 5.75 Å². The highest BCUT2D eigenvalue weighted by Gasteiger charge is 2.35. The summed E-state index contributed by atoms with van der Waals surface area (Å²) in [5, 5.41) is 0. The Morgan fingerprint density at radius 1 is 1.10 bits per heavy atom. The molecule has 5 rings (SSSR count). The maximum Gasteiger partial charge on any atom is 0.211 e. The fourth-order valence-electron chi connectivity index (χ4n) is 5.07. The van der Waals surface area contributed by atoms with Gasteiger partial charge in [0.05, 0.1) is 18.5 Å². The van der Waals surface area contributed by atoms with Gasteiger partial charge in [-0.25, -0.2) is 13.1 Å². The predicted octanol–water partition coefficient (Wildman–Crippen LogP) is 2.89. The maximum atomic E-state index is 12.2. The Morgan fingerprint density at radius 2 is 1.90 bits per heavy atom. The van der Waals surface area contributed by atoms with Gasteiger partial charge in [-0.3, -0.25) is 4.90 Å². The third-order valence-electron chi connectivity index (χ3n) is 6.78. The Bertz CT molecular complexity index is 777. The summed E-state index contributed by atoms with van der Waals surface area (Å²) < 4.78 is 40.0. The number of fused-ring (bicyclic) bond motifs is 5. The van der Waals surface area contributed by atoms with Crippen molar-refractivity contribution in [1.82, 2.24) is 9.62 Å². The van der Waals surface area contributed by atoms with Gasteiger partial charge in [0.25, 0.3) is 0 Å². The summed E-state index contributed by atoms with van der Waals surface area (Å²) in [6.07, 6.45) is 6.45. The summed E-state index contributed by atoms with van der Waals surface area (Å²) in [5.41, 5.74) is 1.33. The van der Waals surface area contributed by atoms with E-state index in [0.717, 1.165) is 57.4 Å². The fraction of sp³-hybridized carbons (Fsp3) is 0.727. The minimum absolute atomic E-state index is 0.0578. The summed E-state index contributed by atoms with van der Waals surface area (Å²) >= 11 is 0. The lowest BCUT2D eigenvalue weighted by molar-refractivity contribution is -0.0284. The van der Waals surface area contributed by atoms with Crippen LogP contribution in [0.15, 0.2) is 24.3 Å². The molecule has 1 saturated heterocycles. The average molecular weight is 423 g/mol. The van der Waals surface area contributed by atoms with Crippen LogP contribution in [0.3, 0.4) is 0 Å². The molecule has 3 aliphatic heterocycles. The standard InChI is InChI=1S/C22H34N2O4S/c1-2-29(25,26)23-20-7-5-13-24-14-15-27-22-8-4-3-6-19(22)17-9-11-18(12-10-17)28-16-21(20)24/h3-4,6,8,17-18,20-21,23H,2,5,7,9-16H2,1H3/t17?,18?,20-,21?/m0/s1. The Kier molecular flexibility index (Phi) is 6.79. The molecular weight excluding hydrogens is 388 g/mol. The van der Waals surface area contributed by atoms with E-state index in [4.69, 9.17) is 9.47 Å². The van der Waals surface area contributed by atoms with Crippen LogP contribution in [0.4, 0.5) is 0 Å².